The van der Waals surface area contributed by atoms with E-state index >= 15 is 0 Å². The number of nitrogens with one attached hydrogen (secondary N) is 3. The molecule has 6 rings (SSSR count). The third kappa shape index (κ3) is 16.9. The number of carbonyl (C=O) groups is 1. The van der Waals surface area contributed by atoms with Gasteiger partial charge in [-0.25, -0.2) is 4.79 Å². The topological polar surface area (TPSA) is 138 Å². The Morgan fingerprint density at radius 1 is 0.571 bits per heavy atom. The Labute approximate surface area is 247 Å². The fourth-order valence-corrected chi connectivity index (χ4v) is 2.71. The van der Waals surface area contributed by atoms with Crippen molar-refractivity contribution in [3.8, 4) is 5.75 Å². The van der Waals surface area contributed by atoms with Gasteiger partial charge < -0.3 is 19.1 Å². The van der Waals surface area contributed by atoms with Gasteiger partial charge in [0.05, 0.1) is 11.9 Å². The van der Waals surface area contributed by atoms with Crippen LogP contribution < -0.4 is 21.6 Å². The molecule has 42 heavy (non-hydrogen) atoms. The number of carbonyl (C=O) groups excluding carboxylic acids is 1. The first-order valence-corrected chi connectivity index (χ1v) is 14.1. The minimum Gasteiger partial charge on any atom is -0.426 e. The first-order chi connectivity index (χ1) is 20.5. The summed E-state index contributed by atoms with van der Waals surface area (Å²) in [6.07, 6.45) is 3.63. The van der Waals surface area contributed by atoms with Crippen molar-refractivity contribution in [1.29, 1.82) is 0 Å². The zero-order valence-corrected chi connectivity index (χ0v) is 25.9. The molecule has 1 aliphatic heterocycles. The van der Waals surface area contributed by atoms with Crippen LogP contribution in [0.15, 0.2) is 116 Å². The maximum Gasteiger partial charge on any atom is 0.417 e. The van der Waals surface area contributed by atoms with Crippen LogP contribution in [0.2, 0.25) is 0 Å². The van der Waals surface area contributed by atoms with Gasteiger partial charge in [0.15, 0.2) is 5.58 Å². The maximum absolute atomic E-state index is 10.7. The first-order valence-electron chi connectivity index (χ1n) is 14.1. The van der Waals surface area contributed by atoms with Crippen LogP contribution in [0.4, 0.5) is 0 Å². The lowest BCUT2D eigenvalue weighted by Crippen LogP contribution is -1.99. The molecule has 0 unspecified atom stereocenters. The third-order valence-corrected chi connectivity index (χ3v) is 4.22. The number of hydrogen-bond donors (Lipinski definition) is 3. The van der Waals surface area contributed by atoms with Crippen LogP contribution in [-0.4, -0.2) is 20.9 Å². The van der Waals surface area contributed by atoms with E-state index in [1.807, 2.05) is 85.7 Å². The van der Waals surface area contributed by atoms with Gasteiger partial charge in [0, 0.05) is 30.1 Å². The van der Waals surface area contributed by atoms with Crippen molar-refractivity contribution in [2.24, 2.45) is 0 Å². The van der Waals surface area contributed by atoms with Crippen LogP contribution in [0.5, 0.6) is 5.75 Å². The lowest BCUT2D eigenvalue weighted by molar-refractivity contribution is -0.131. The van der Waals surface area contributed by atoms with E-state index in [2.05, 4.69) is 15.0 Å². The van der Waals surface area contributed by atoms with Crippen molar-refractivity contribution < 1.29 is 13.9 Å². The van der Waals surface area contributed by atoms with E-state index in [1.54, 1.807) is 54.9 Å². The molecule has 9 heteroatoms. The molecule has 0 spiro atoms. The number of pyridine rings is 2. The van der Waals surface area contributed by atoms with Crippen LogP contribution in [0.3, 0.4) is 0 Å². The van der Waals surface area contributed by atoms with Crippen LogP contribution >= 0.6 is 0 Å². The highest BCUT2D eigenvalue weighted by atomic mass is 16.5. The van der Waals surface area contributed by atoms with Crippen LogP contribution in [-0.2, 0) is 11.2 Å². The molecule has 3 N–H and O–H groups in total. The molecular formula is C33H45N3O6. The molecule has 0 bridgehead atoms. The van der Waals surface area contributed by atoms with Crippen molar-refractivity contribution in [2.45, 2.75) is 61.8 Å². The second-order valence-electron chi connectivity index (χ2n) is 6.72. The summed E-state index contributed by atoms with van der Waals surface area (Å²) in [6, 6.07) is 24.5. The summed E-state index contributed by atoms with van der Waals surface area (Å²) in [5.41, 5.74) is 2.23. The van der Waals surface area contributed by atoms with E-state index in [0.29, 0.717) is 17.8 Å². The van der Waals surface area contributed by atoms with Gasteiger partial charge >= 0.3 is 11.7 Å². The number of aromatic nitrogens is 3. The Bertz CT molecular complexity index is 1370. The van der Waals surface area contributed by atoms with Crippen molar-refractivity contribution in [3.63, 3.8) is 0 Å². The Morgan fingerprint density at radius 2 is 1.05 bits per heavy atom. The van der Waals surface area contributed by atoms with Gasteiger partial charge in [-0.2, -0.15) is 0 Å². The SMILES string of the molecule is CC.CC.CC.CC.O=C1Cc2ccccc2O1.O=c1[nH]c2ccccc2o1.O=c1cccc[nH]1.O=c1cccc[nH]1. The number of benzene rings is 2. The smallest absolute Gasteiger partial charge is 0.417 e. The van der Waals surface area contributed by atoms with Gasteiger partial charge in [0.25, 0.3) is 0 Å². The number of ether oxygens (including phenoxy) is 1. The molecule has 3 aromatic heterocycles. The Kier molecular flexibility index (Phi) is 24.6. The summed E-state index contributed by atoms with van der Waals surface area (Å²) >= 11 is 0. The van der Waals surface area contributed by atoms with E-state index in [4.69, 9.17) is 9.15 Å². The Morgan fingerprint density at radius 3 is 1.48 bits per heavy atom. The molecular weight excluding hydrogens is 534 g/mol. The molecule has 5 aromatic rings. The van der Waals surface area contributed by atoms with Crippen LogP contribution in [0.25, 0.3) is 11.1 Å². The number of H-pyrrole nitrogens is 3. The number of oxazole rings is 1. The van der Waals surface area contributed by atoms with Gasteiger partial charge in [0.2, 0.25) is 11.1 Å². The van der Waals surface area contributed by atoms with Crippen LogP contribution in [0.1, 0.15) is 61.0 Å². The highest BCUT2D eigenvalue weighted by Crippen LogP contribution is 2.24. The normalized spacial score (nSPS) is 9.38. The van der Waals surface area contributed by atoms with Crippen LogP contribution in [0, 0.1) is 0 Å². The van der Waals surface area contributed by atoms with Crippen molar-refractivity contribution in [3.05, 3.63) is 134 Å². The highest BCUT2D eigenvalue weighted by Gasteiger charge is 2.18. The number of fused-ring (bicyclic) bond motifs is 2. The van der Waals surface area contributed by atoms with Crippen molar-refractivity contribution in [2.75, 3.05) is 0 Å². The molecule has 4 heterocycles. The summed E-state index contributed by atoms with van der Waals surface area (Å²) in [6.45, 7) is 16.0. The summed E-state index contributed by atoms with van der Waals surface area (Å²) in [7, 11) is 0. The second kappa shape index (κ2) is 26.3. The molecule has 9 nitrogen and oxygen atoms in total. The van der Waals surface area contributed by atoms with Gasteiger partial charge in [-0.3, -0.25) is 19.4 Å². The molecule has 0 fully saturated rings. The molecule has 2 aromatic carbocycles. The summed E-state index contributed by atoms with van der Waals surface area (Å²) in [4.78, 5) is 49.2. The molecule has 228 valence electrons. The van der Waals surface area contributed by atoms with Gasteiger partial charge in [-0.05, 0) is 30.3 Å². The Hall–Kier alpha value is -4.92. The lowest BCUT2D eigenvalue weighted by atomic mass is 10.2. The molecule has 0 saturated heterocycles. The molecule has 0 saturated carbocycles. The predicted octanol–water partition coefficient (Wildman–Crippen LogP) is 7.12. The van der Waals surface area contributed by atoms with E-state index < -0.39 is 5.76 Å². The van der Waals surface area contributed by atoms with E-state index in [-0.39, 0.29) is 17.1 Å². The van der Waals surface area contributed by atoms with E-state index in [1.165, 1.54) is 12.1 Å². The fraction of sp³-hybridized carbons (Fsp3) is 0.273. The average molecular weight is 580 g/mol. The number of rotatable bonds is 0. The molecule has 1 aliphatic rings. The molecule has 0 radical (unpaired) electrons. The first kappa shape index (κ1) is 39.2. The average Bonchev–Trinajstić information content (AvgIpc) is 3.63. The van der Waals surface area contributed by atoms with E-state index in [0.717, 1.165) is 11.1 Å². The lowest BCUT2D eigenvalue weighted by Gasteiger charge is -1.91. The zero-order valence-electron chi connectivity index (χ0n) is 25.9. The molecule has 0 aliphatic carbocycles. The Balaban J connectivity index is 0. The van der Waals surface area contributed by atoms with Gasteiger partial charge in [-0.15, -0.1) is 0 Å². The van der Waals surface area contributed by atoms with E-state index in [9.17, 15) is 19.2 Å². The van der Waals surface area contributed by atoms with Crippen molar-refractivity contribution in [1.82, 2.24) is 15.0 Å². The number of aromatic amines is 3. The number of para-hydroxylation sites is 3. The summed E-state index contributed by atoms with van der Waals surface area (Å²) in [5.74, 6) is 0.162. The van der Waals surface area contributed by atoms with Crippen molar-refractivity contribution >= 4 is 17.1 Å². The minimum atomic E-state index is -0.402. The monoisotopic (exact) mass is 579 g/mol. The number of esters is 1. The quantitative estimate of drug-likeness (QED) is 0.132. The summed E-state index contributed by atoms with van der Waals surface area (Å²) in [5, 5.41) is 0. The zero-order chi connectivity index (χ0) is 32.2. The standard InChI is InChI=1S/C8H6O2.C7H5NO2.2C5H5NO.4C2H6/c9-8-5-6-3-1-2-4-7(6)10-8;9-7-8-5-3-1-2-4-6(5)10-7;2*7-5-3-1-2-4-6-5;4*1-2/h1-4H,5H2;1-4H,(H,8,9);2*1-4H,(H,6,7);4*1-2H3. The minimum absolute atomic E-state index is 0.0532. The van der Waals surface area contributed by atoms with Gasteiger partial charge in [-0.1, -0.05) is 97.9 Å². The summed E-state index contributed by atoms with van der Waals surface area (Å²) < 4.78 is 9.62. The third-order valence-electron chi connectivity index (χ3n) is 4.22. The predicted molar refractivity (Wildman–Crippen MR) is 172 cm³/mol. The second-order valence-corrected chi connectivity index (χ2v) is 6.72. The highest BCUT2D eigenvalue weighted by molar-refractivity contribution is 5.80. The fourth-order valence-electron chi connectivity index (χ4n) is 2.71. The number of hydrogen-bond acceptors (Lipinski definition) is 6. The van der Waals surface area contributed by atoms with Gasteiger partial charge in [0.1, 0.15) is 5.75 Å². The maximum atomic E-state index is 10.7. The molecule has 0 atom stereocenters. The largest absolute Gasteiger partial charge is 0.426 e. The molecule has 0 amide bonds.